The van der Waals surface area contributed by atoms with Gasteiger partial charge in [0.1, 0.15) is 12.2 Å². The van der Waals surface area contributed by atoms with E-state index in [0.717, 1.165) is 0 Å². The number of primary amides is 1. The Hall–Kier alpha value is -1.33. The number of carbonyl (C=O) groups is 1. The molecule has 0 aromatic rings. The Balaban J connectivity index is 2.73. The van der Waals surface area contributed by atoms with Crippen LogP contribution in [0.5, 0.6) is 0 Å². The zero-order chi connectivity index (χ0) is 11.5. The normalized spacial score (nSPS) is 20.7. The average Bonchev–Trinajstić information content (AvgIpc) is 2.18. The number of nitrogens with one attached hydrogen (secondary N) is 1. The lowest BCUT2D eigenvalue weighted by Gasteiger charge is -2.37. The van der Waals surface area contributed by atoms with Gasteiger partial charge in [0, 0.05) is 0 Å². The van der Waals surface area contributed by atoms with Gasteiger partial charge in [-0.1, -0.05) is 6.08 Å². The second-order valence-corrected chi connectivity index (χ2v) is 4.14. The highest BCUT2D eigenvalue weighted by molar-refractivity contribution is 5.91. The van der Waals surface area contributed by atoms with Crippen molar-refractivity contribution in [3.05, 3.63) is 23.9 Å². The molecule has 0 bridgehead atoms. The first-order chi connectivity index (χ1) is 6.97. The monoisotopic (exact) mass is 212 g/mol. The number of hydrogen-bond acceptors (Lipinski definition) is 3. The van der Waals surface area contributed by atoms with E-state index in [0.29, 0.717) is 16.7 Å². The summed E-state index contributed by atoms with van der Waals surface area (Å²) in [4.78, 5) is 11.0. The summed E-state index contributed by atoms with van der Waals surface area (Å²) in [7, 11) is 3.95. The first-order valence-electron chi connectivity index (χ1n) is 4.86. The molecule has 0 aromatic carbocycles. The molecule has 0 fully saturated rings. The van der Waals surface area contributed by atoms with E-state index in [1.165, 1.54) is 0 Å². The number of likely N-dealkylation sites (N-methyl/N-ethyl adjacent to an activating group) is 1. The molecule has 0 saturated heterocycles. The van der Waals surface area contributed by atoms with Crippen molar-refractivity contribution in [1.82, 2.24) is 5.32 Å². The maximum absolute atomic E-state index is 11.0. The Morgan fingerprint density at radius 3 is 2.87 bits per heavy atom. The number of allylic oxidation sites excluding steroid dienone is 2. The van der Waals surface area contributed by atoms with E-state index >= 15 is 0 Å². The summed E-state index contributed by atoms with van der Waals surface area (Å²) in [6, 6.07) is 0. The lowest BCUT2D eigenvalue weighted by Crippen LogP contribution is -2.57. The molecular formula is C10H18N3O2+. The van der Waals surface area contributed by atoms with E-state index in [4.69, 9.17) is 10.8 Å². The third kappa shape index (κ3) is 2.81. The van der Waals surface area contributed by atoms with Gasteiger partial charge in [0.15, 0.2) is 6.17 Å². The van der Waals surface area contributed by atoms with E-state index < -0.39 is 5.91 Å². The maximum atomic E-state index is 11.0. The van der Waals surface area contributed by atoms with Gasteiger partial charge >= 0.3 is 0 Å². The molecule has 5 heteroatoms. The predicted molar refractivity (Wildman–Crippen MR) is 57.4 cm³/mol. The van der Waals surface area contributed by atoms with E-state index in [-0.39, 0.29) is 12.8 Å². The van der Waals surface area contributed by atoms with Crippen LogP contribution in [0.4, 0.5) is 0 Å². The van der Waals surface area contributed by atoms with Crippen molar-refractivity contribution in [2.24, 2.45) is 5.73 Å². The molecule has 5 nitrogen and oxygen atoms in total. The van der Waals surface area contributed by atoms with Gasteiger partial charge < -0.3 is 20.6 Å². The van der Waals surface area contributed by atoms with E-state index in [1.807, 2.05) is 20.2 Å². The van der Waals surface area contributed by atoms with Crippen molar-refractivity contribution in [3.63, 3.8) is 0 Å². The van der Waals surface area contributed by atoms with Crippen molar-refractivity contribution in [2.75, 3.05) is 27.2 Å². The molecule has 1 aliphatic heterocycles. The van der Waals surface area contributed by atoms with Crippen LogP contribution in [-0.2, 0) is 4.79 Å². The molecular weight excluding hydrogens is 194 g/mol. The molecule has 1 heterocycles. The standard InChI is InChI=1S/C10H17N3O2/c1-13(2,6-7-14)9-5-3-4-8(12-9)10(11)15/h3-5,9,12,14H,6-7H2,1-2H3,(H-,11,15)/p+1. The van der Waals surface area contributed by atoms with E-state index in [2.05, 4.69) is 5.32 Å². The zero-order valence-electron chi connectivity index (χ0n) is 9.10. The summed E-state index contributed by atoms with van der Waals surface area (Å²) in [5, 5.41) is 12.0. The molecule has 84 valence electrons. The molecule has 1 rings (SSSR count). The Morgan fingerprint density at radius 1 is 1.67 bits per heavy atom. The molecule has 0 saturated carbocycles. The van der Waals surface area contributed by atoms with Gasteiger partial charge in [0.25, 0.3) is 5.91 Å². The number of aliphatic hydroxyl groups is 1. The third-order valence-corrected chi connectivity index (χ3v) is 2.55. The molecule has 4 N–H and O–H groups in total. The van der Waals surface area contributed by atoms with Crippen molar-refractivity contribution in [3.8, 4) is 0 Å². The maximum Gasteiger partial charge on any atom is 0.264 e. The predicted octanol–water partition coefficient (Wildman–Crippen LogP) is -1.09. The van der Waals surface area contributed by atoms with Gasteiger partial charge in [0.2, 0.25) is 0 Å². The van der Waals surface area contributed by atoms with Crippen LogP contribution in [-0.4, -0.2) is 48.9 Å². The number of amides is 1. The highest BCUT2D eigenvalue weighted by Gasteiger charge is 2.28. The number of nitrogens with zero attached hydrogens (tertiary/aromatic N) is 1. The topological polar surface area (TPSA) is 75.3 Å². The molecule has 0 spiro atoms. The minimum atomic E-state index is -0.464. The SMILES string of the molecule is C[N+](C)(CCO)C1C=CC=C(C(N)=O)N1. The van der Waals surface area contributed by atoms with Gasteiger partial charge in [-0.05, 0) is 12.2 Å². The van der Waals surface area contributed by atoms with Crippen LogP contribution in [0.3, 0.4) is 0 Å². The highest BCUT2D eigenvalue weighted by atomic mass is 16.3. The highest BCUT2D eigenvalue weighted by Crippen LogP contribution is 2.11. The van der Waals surface area contributed by atoms with Crippen LogP contribution >= 0.6 is 0 Å². The van der Waals surface area contributed by atoms with E-state index in [1.54, 1.807) is 12.2 Å². The smallest absolute Gasteiger partial charge is 0.264 e. The second kappa shape index (κ2) is 4.46. The first kappa shape index (κ1) is 11.7. The summed E-state index contributed by atoms with van der Waals surface area (Å²) in [6.45, 7) is 0.711. The number of quaternary nitrogens is 1. The lowest BCUT2D eigenvalue weighted by atomic mass is 10.2. The Kier molecular flexibility index (Phi) is 3.49. The number of aliphatic hydroxyl groups excluding tert-OH is 1. The van der Waals surface area contributed by atoms with Crippen molar-refractivity contribution in [2.45, 2.75) is 6.17 Å². The summed E-state index contributed by atoms with van der Waals surface area (Å²) >= 11 is 0. The summed E-state index contributed by atoms with van der Waals surface area (Å²) < 4.78 is 0.553. The number of dihydropyridines is 1. The van der Waals surface area contributed by atoms with Gasteiger partial charge in [0.05, 0.1) is 20.7 Å². The molecule has 0 aromatic heterocycles. The molecule has 0 aliphatic carbocycles. The fraction of sp³-hybridized carbons (Fsp3) is 0.500. The number of hydrogen-bond donors (Lipinski definition) is 3. The third-order valence-electron chi connectivity index (χ3n) is 2.55. The van der Waals surface area contributed by atoms with Crippen LogP contribution in [0.1, 0.15) is 0 Å². The average molecular weight is 212 g/mol. The molecule has 15 heavy (non-hydrogen) atoms. The molecule has 1 aliphatic rings. The lowest BCUT2D eigenvalue weighted by molar-refractivity contribution is -0.911. The molecule has 0 radical (unpaired) electrons. The minimum Gasteiger partial charge on any atom is -0.391 e. The van der Waals surface area contributed by atoms with Gasteiger partial charge in [-0.25, -0.2) is 0 Å². The number of nitrogens with two attached hydrogens (primary N) is 1. The minimum absolute atomic E-state index is 0.0374. The summed E-state index contributed by atoms with van der Waals surface area (Å²) in [6.07, 6.45) is 5.36. The van der Waals surface area contributed by atoms with Crippen LogP contribution in [0, 0.1) is 0 Å². The van der Waals surface area contributed by atoms with Gasteiger partial charge in [-0.15, -0.1) is 0 Å². The summed E-state index contributed by atoms with van der Waals surface area (Å²) in [5.41, 5.74) is 5.60. The quantitative estimate of drug-likeness (QED) is 0.518. The fourth-order valence-electron chi connectivity index (χ4n) is 1.47. The number of carbonyl (C=O) groups excluding carboxylic acids is 1. The Labute approximate surface area is 89.5 Å². The van der Waals surface area contributed by atoms with Gasteiger partial charge in [-0.2, -0.15) is 0 Å². The Morgan fingerprint density at radius 2 is 2.33 bits per heavy atom. The largest absolute Gasteiger partial charge is 0.391 e. The van der Waals surface area contributed by atoms with Crippen molar-refractivity contribution < 1.29 is 14.4 Å². The summed E-state index contributed by atoms with van der Waals surface area (Å²) in [5.74, 6) is -0.464. The molecule has 1 atom stereocenters. The first-order valence-corrected chi connectivity index (χ1v) is 4.86. The fourth-order valence-corrected chi connectivity index (χ4v) is 1.47. The number of rotatable bonds is 4. The van der Waals surface area contributed by atoms with Crippen LogP contribution in [0.15, 0.2) is 23.9 Å². The van der Waals surface area contributed by atoms with Crippen molar-refractivity contribution >= 4 is 5.91 Å². The van der Waals surface area contributed by atoms with Crippen LogP contribution in [0.2, 0.25) is 0 Å². The second-order valence-electron chi connectivity index (χ2n) is 4.14. The molecule has 1 amide bonds. The zero-order valence-corrected chi connectivity index (χ0v) is 9.10. The van der Waals surface area contributed by atoms with Crippen LogP contribution in [0.25, 0.3) is 0 Å². The van der Waals surface area contributed by atoms with Gasteiger partial charge in [-0.3, -0.25) is 4.79 Å². The Bertz CT molecular complexity index is 308. The van der Waals surface area contributed by atoms with Crippen LogP contribution < -0.4 is 11.1 Å². The van der Waals surface area contributed by atoms with E-state index in [9.17, 15) is 4.79 Å². The molecule has 1 unspecified atom stereocenters. The van der Waals surface area contributed by atoms with Crippen molar-refractivity contribution in [1.29, 1.82) is 0 Å².